The number of nitrogens with zero attached hydrogens (tertiary/aromatic N) is 1. The Morgan fingerprint density at radius 2 is 1.79 bits per heavy atom. The monoisotopic (exact) mass is 423 g/mol. The second kappa shape index (κ2) is 8.94. The Labute approximate surface area is 172 Å². The number of nitrogens with one attached hydrogen (secondary N) is 2. The van der Waals surface area contributed by atoms with Crippen molar-refractivity contribution in [2.75, 3.05) is 24.4 Å². The molecule has 0 aromatic heterocycles. The van der Waals surface area contributed by atoms with Crippen LogP contribution in [0.5, 0.6) is 0 Å². The van der Waals surface area contributed by atoms with Crippen LogP contribution in [0.1, 0.15) is 28.4 Å². The number of hydrogen-bond acceptors (Lipinski definition) is 4. The van der Waals surface area contributed by atoms with E-state index in [4.69, 9.17) is 0 Å². The smallest absolute Gasteiger partial charge is 0.261 e. The van der Waals surface area contributed by atoms with Crippen molar-refractivity contribution in [2.45, 2.75) is 31.7 Å². The number of carbonyl (C=O) groups excluding carboxylic acids is 1. The van der Waals surface area contributed by atoms with Crippen molar-refractivity contribution in [1.82, 2.24) is 10.2 Å². The number of hydrogen-bond donors (Lipinski definition) is 2. The van der Waals surface area contributed by atoms with Gasteiger partial charge in [-0.3, -0.25) is 9.52 Å². The number of amides is 1. The molecule has 1 atom stereocenters. The predicted octanol–water partition coefficient (Wildman–Crippen LogP) is 2.96. The molecule has 1 saturated heterocycles. The molecule has 1 aliphatic heterocycles. The molecule has 1 aliphatic rings. The Morgan fingerprint density at radius 3 is 2.39 bits per heavy atom. The van der Waals surface area contributed by atoms with E-state index < -0.39 is 10.0 Å². The standard InChI is InChI=1S/C20H25N3O3S.ClH/c1-14-4-9-19(12-15(14)2)27(25,26)22-18-7-5-17(6-8-18)20(24)23-11-10-21-13-16(23)3;/h4-9,12,16,21-22H,10-11,13H2,1-3H3;1H. The average Bonchev–Trinajstić information content (AvgIpc) is 2.64. The van der Waals surface area contributed by atoms with Crippen LogP contribution in [0.3, 0.4) is 0 Å². The number of carbonyl (C=O) groups is 1. The molecular formula is C20H26ClN3O3S. The molecule has 1 amide bonds. The van der Waals surface area contributed by atoms with Crippen LogP contribution in [-0.4, -0.2) is 44.9 Å². The zero-order valence-electron chi connectivity index (χ0n) is 16.2. The van der Waals surface area contributed by atoms with Gasteiger partial charge in [-0.2, -0.15) is 0 Å². The predicted molar refractivity (Wildman–Crippen MR) is 114 cm³/mol. The van der Waals surface area contributed by atoms with Gasteiger partial charge in [-0.1, -0.05) is 6.07 Å². The Hall–Kier alpha value is -2.09. The first-order valence-corrected chi connectivity index (χ1v) is 10.5. The molecule has 1 fully saturated rings. The van der Waals surface area contributed by atoms with Gasteiger partial charge in [0.05, 0.1) is 4.90 Å². The van der Waals surface area contributed by atoms with E-state index in [2.05, 4.69) is 10.0 Å². The van der Waals surface area contributed by atoms with Gasteiger partial charge in [0.2, 0.25) is 0 Å². The third kappa shape index (κ3) is 4.84. The molecule has 2 aromatic carbocycles. The zero-order chi connectivity index (χ0) is 19.6. The lowest BCUT2D eigenvalue weighted by molar-refractivity contribution is 0.0656. The van der Waals surface area contributed by atoms with Crippen molar-refractivity contribution in [3.63, 3.8) is 0 Å². The molecule has 0 spiro atoms. The molecule has 0 radical (unpaired) electrons. The maximum absolute atomic E-state index is 12.7. The number of anilines is 1. The summed E-state index contributed by atoms with van der Waals surface area (Å²) in [6, 6.07) is 11.7. The molecule has 0 saturated carbocycles. The maximum Gasteiger partial charge on any atom is 0.261 e. The number of aryl methyl sites for hydroxylation is 2. The minimum absolute atomic E-state index is 0. The normalized spacial score (nSPS) is 17.0. The zero-order valence-corrected chi connectivity index (χ0v) is 17.9. The minimum atomic E-state index is -3.67. The third-order valence-electron chi connectivity index (χ3n) is 4.93. The highest BCUT2D eigenvalue weighted by Gasteiger charge is 2.24. The Balaban J connectivity index is 0.00000280. The Bertz CT molecular complexity index is 946. The van der Waals surface area contributed by atoms with Gasteiger partial charge < -0.3 is 10.2 Å². The van der Waals surface area contributed by atoms with Crippen molar-refractivity contribution in [3.05, 3.63) is 59.2 Å². The lowest BCUT2D eigenvalue weighted by atomic mass is 10.1. The first-order chi connectivity index (χ1) is 12.8. The molecule has 1 heterocycles. The second-order valence-electron chi connectivity index (χ2n) is 6.98. The number of benzene rings is 2. The van der Waals surface area contributed by atoms with Gasteiger partial charge in [0.1, 0.15) is 0 Å². The van der Waals surface area contributed by atoms with Gasteiger partial charge in [0, 0.05) is 36.9 Å². The number of rotatable bonds is 4. The fourth-order valence-corrected chi connectivity index (χ4v) is 4.23. The topological polar surface area (TPSA) is 78.5 Å². The maximum atomic E-state index is 12.7. The summed E-state index contributed by atoms with van der Waals surface area (Å²) >= 11 is 0. The van der Waals surface area contributed by atoms with Crippen molar-refractivity contribution < 1.29 is 13.2 Å². The van der Waals surface area contributed by atoms with Crippen LogP contribution in [0.4, 0.5) is 5.69 Å². The van der Waals surface area contributed by atoms with Crippen LogP contribution in [-0.2, 0) is 10.0 Å². The Kier molecular flexibility index (Phi) is 7.09. The van der Waals surface area contributed by atoms with E-state index in [0.29, 0.717) is 17.8 Å². The van der Waals surface area contributed by atoms with Crippen molar-refractivity contribution in [1.29, 1.82) is 0 Å². The SMILES string of the molecule is Cc1ccc(S(=O)(=O)Nc2ccc(C(=O)N3CCNCC3C)cc2)cc1C.Cl. The summed E-state index contributed by atoms with van der Waals surface area (Å²) in [5, 5.41) is 3.26. The van der Waals surface area contributed by atoms with Crippen LogP contribution in [0.25, 0.3) is 0 Å². The summed E-state index contributed by atoms with van der Waals surface area (Å²) in [6.07, 6.45) is 0. The molecular weight excluding hydrogens is 398 g/mol. The summed E-state index contributed by atoms with van der Waals surface area (Å²) in [6.45, 7) is 8.06. The van der Waals surface area contributed by atoms with Gasteiger partial charge in [-0.15, -0.1) is 12.4 Å². The number of halogens is 1. The van der Waals surface area contributed by atoms with E-state index in [1.54, 1.807) is 42.5 Å². The van der Waals surface area contributed by atoms with E-state index in [1.165, 1.54) is 0 Å². The van der Waals surface area contributed by atoms with Crippen LogP contribution in [0.2, 0.25) is 0 Å². The van der Waals surface area contributed by atoms with Crippen molar-refractivity contribution in [3.8, 4) is 0 Å². The second-order valence-corrected chi connectivity index (χ2v) is 8.66. The third-order valence-corrected chi connectivity index (χ3v) is 6.31. The largest absolute Gasteiger partial charge is 0.333 e. The summed E-state index contributed by atoms with van der Waals surface area (Å²) < 4.78 is 27.7. The lowest BCUT2D eigenvalue weighted by Gasteiger charge is -2.34. The van der Waals surface area contributed by atoms with Crippen LogP contribution in [0.15, 0.2) is 47.4 Å². The van der Waals surface area contributed by atoms with Gasteiger partial charge in [-0.05, 0) is 68.3 Å². The van der Waals surface area contributed by atoms with Crippen molar-refractivity contribution in [2.24, 2.45) is 0 Å². The van der Waals surface area contributed by atoms with Crippen molar-refractivity contribution >= 4 is 34.0 Å². The highest BCUT2D eigenvalue weighted by molar-refractivity contribution is 7.92. The lowest BCUT2D eigenvalue weighted by Crippen LogP contribution is -2.52. The average molecular weight is 424 g/mol. The summed E-state index contributed by atoms with van der Waals surface area (Å²) in [7, 11) is -3.67. The molecule has 152 valence electrons. The number of sulfonamides is 1. The highest BCUT2D eigenvalue weighted by atomic mass is 35.5. The van der Waals surface area contributed by atoms with E-state index in [0.717, 1.165) is 24.2 Å². The first kappa shape index (κ1) is 22.2. The summed E-state index contributed by atoms with van der Waals surface area (Å²) in [5.41, 5.74) is 2.94. The van der Waals surface area contributed by atoms with E-state index in [9.17, 15) is 13.2 Å². The van der Waals surface area contributed by atoms with E-state index in [1.807, 2.05) is 25.7 Å². The molecule has 3 rings (SSSR count). The molecule has 0 aliphatic carbocycles. The number of piperazine rings is 1. The first-order valence-electron chi connectivity index (χ1n) is 9.00. The van der Waals surface area contributed by atoms with Gasteiger partial charge in [0.25, 0.3) is 15.9 Å². The van der Waals surface area contributed by atoms with Gasteiger partial charge in [0.15, 0.2) is 0 Å². The molecule has 28 heavy (non-hydrogen) atoms. The fourth-order valence-electron chi connectivity index (χ4n) is 3.08. The highest BCUT2D eigenvalue weighted by Crippen LogP contribution is 2.20. The fraction of sp³-hybridized carbons (Fsp3) is 0.350. The summed E-state index contributed by atoms with van der Waals surface area (Å²) in [4.78, 5) is 14.7. The van der Waals surface area contributed by atoms with E-state index in [-0.39, 0.29) is 29.3 Å². The summed E-state index contributed by atoms with van der Waals surface area (Å²) in [5.74, 6) is -0.0347. The van der Waals surface area contributed by atoms with Gasteiger partial charge in [-0.25, -0.2) is 8.42 Å². The van der Waals surface area contributed by atoms with Crippen LogP contribution < -0.4 is 10.0 Å². The molecule has 6 nitrogen and oxygen atoms in total. The van der Waals surface area contributed by atoms with Crippen LogP contribution >= 0.6 is 12.4 Å². The minimum Gasteiger partial charge on any atom is -0.333 e. The molecule has 2 aromatic rings. The molecule has 8 heteroatoms. The molecule has 2 N–H and O–H groups in total. The van der Waals surface area contributed by atoms with E-state index >= 15 is 0 Å². The molecule has 1 unspecified atom stereocenters. The van der Waals surface area contributed by atoms with Crippen LogP contribution in [0, 0.1) is 13.8 Å². The Morgan fingerprint density at radius 1 is 1.11 bits per heavy atom. The van der Waals surface area contributed by atoms with Gasteiger partial charge >= 0.3 is 0 Å². The quantitative estimate of drug-likeness (QED) is 0.792. The molecule has 0 bridgehead atoms.